The van der Waals surface area contributed by atoms with E-state index < -0.39 is 10.0 Å². The standard InChI is InChI=1S/C20H27N5O2S/c1-16-20(17(2)24(4)21-16)22-28(26,27)19-9-7-18(8-10-19)6-5-11-25-14-12-23(3)13-15-25/h7-10,22H,11-15H2,1-4H3. The predicted octanol–water partition coefficient (Wildman–Crippen LogP) is 1.44. The van der Waals surface area contributed by atoms with Crippen molar-refractivity contribution in [2.75, 3.05) is 44.5 Å². The van der Waals surface area contributed by atoms with Crippen LogP contribution in [0, 0.1) is 25.7 Å². The second-order valence-corrected chi connectivity index (χ2v) is 8.86. The Morgan fingerprint density at radius 1 is 1.07 bits per heavy atom. The minimum atomic E-state index is -3.67. The second-order valence-electron chi connectivity index (χ2n) is 7.18. The van der Waals surface area contributed by atoms with Crippen LogP contribution in [0.2, 0.25) is 0 Å². The van der Waals surface area contributed by atoms with E-state index in [1.54, 1.807) is 42.9 Å². The summed E-state index contributed by atoms with van der Waals surface area (Å²) in [6, 6.07) is 6.66. The monoisotopic (exact) mass is 401 g/mol. The molecular formula is C20H27N5O2S. The van der Waals surface area contributed by atoms with Gasteiger partial charge in [-0.2, -0.15) is 5.10 Å². The molecule has 0 saturated carbocycles. The molecule has 1 saturated heterocycles. The van der Waals surface area contributed by atoms with Crippen LogP contribution < -0.4 is 4.72 Å². The smallest absolute Gasteiger partial charge is 0.262 e. The van der Waals surface area contributed by atoms with Gasteiger partial charge in [-0.3, -0.25) is 14.3 Å². The van der Waals surface area contributed by atoms with E-state index in [1.165, 1.54) is 0 Å². The second kappa shape index (κ2) is 8.35. The minimum Gasteiger partial charge on any atom is -0.304 e. The summed E-state index contributed by atoms with van der Waals surface area (Å²) in [5, 5.41) is 4.24. The number of hydrogen-bond donors (Lipinski definition) is 1. The van der Waals surface area contributed by atoms with E-state index in [0.717, 1.165) is 44.0 Å². The summed E-state index contributed by atoms with van der Waals surface area (Å²) in [6.45, 7) is 8.53. The molecule has 1 aliphatic rings. The Morgan fingerprint density at radius 2 is 1.71 bits per heavy atom. The fraction of sp³-hybridized carbons (Fsp3) is 0.450. The van der Waals surface area contributed by atoms with Crippen LogP contribution in [0.1, 0.15) is 17.0 Å². The molecule has 0 aliphatic carbocycles. The zero-order chi connectivity index (χ0) is 20.3. The molecule has 7 nitrogen and oxygen atoms in total. The number of hydrogen-bond acceptors (Lipinski definition) is 5. The van der Waals surface area contributed by atoms with Gasteiger partial charge in [0.25, 0.3) is 10.0 Å². The summed E-state index contributed by atoms with van der Waals surface area (Å²) >= 11 is 0. The molecule has 2 heterocycles. The quantitative estimate of drug-likeness (QED) is 0.785. The molecule has 150 valence electrons. The van der Waals surface area contributed by atoms with Crippen molar-refractivity contribution >= 4 is 15.7 Å². The van der Waals surface area contributed by atoms with Gasteiger partial charge in [-0.25, -0.2) is 8.42 Å². The van der Waals surface area contributed by atoms with Gasteiger partial charge in [-0.1, -0.05) is 11.8 Å². The molecule has 0 spiro atoms. The van der Waals surface area contributed by atoms with Gasteiger partial charge in [-0.05, 0) is 45.2 Å². The largest absolute Gasteiger partial charge is 0.304 e. The predicted molar refractivity (Wildman–Crippen MR) is 111 cm³/mol. The molecule has 0 atom stereocenters. The lowest BCUT2D eigenvalue weighted by molar-refractivity contribution is 0.168. The van der Waals surface area contributed by atoms with E-state index in [1.807, 2.05) is 6.92 Å². The molecule has 3 rings (SSSR count). The van der Waals surface area contributed by atoms with E-state index in [2.05, 4.69) is 38.5 Å². The van der Waals surface area contributed by atoms with Gasteiger partial charge in [0.2, 0.25) is 0 Å². The average Bonchev–Trinajstić information content (AvgIpc) is 2.90. The topological polar surface area (TPSA) is 70.5 Å². The molecule has 28 heavy (non-hydrogen) atoms. The highest BCUT2D eigenvalue weighted by atomic mass is 32.2. The van der Waals surface area contributed by atoms with Crippen molar-refractivity contribution in [2.45, 2.75) is 18.7 Å². The summed E-state index contributed by atoms with van der Waals surface area (Å²) < 4.78 is 29.7. The van der Waals surface area contributed by atoms with Crippen molar-refractivity contribution in [3.05, 3.63) is 41.2 Å². The van der Waals surface area contributed by atoms with Gasteiger partial charge in [0.15, 0.2) is 0 Å². The third-order valence-corrected chi connectivity index (χ3v) is 6.41. The van der Waals surface area contributed by atoms with Crippen LogP contribution in [0.4, 0.5) is 5.69 Å². The Morgan fingerprint density at radius 3 is 2.29 bits per heavy atom. The van der Waals surface area contributed by atoms with Gasteiger partial charge in [0, 0.05) is 38.8 Å². The van der Waals surface area contributed by atoms with Crippen molar-refractivity contribution in [3.8, 4) is 11.8 Å². The molecule has 0 bridgehead atoms. The Kier molecular flexibility index (Phi) is 6.08. The van der Waals surface area contributed by atoms with Gasteiger partial charge in [0.1, 0.15) is 0 Å². The average molecular weight is 402 g/mol. The van der Waals surface area contributed by atoms with Crippen LogP contribution in [0.25, 0.3) is 0 Å². The van der Waals surface area contributed by atoms with Crippen molar-refractivity contribution < 1.29 is 8.42 Å². The maximum atomic E-state index is 12.7. The molecule has 1 fully saturated rings. The molecule has 1 aliphatic heterocycles. The van der Waals surface area contributed by atoms with Crippen molar-refractivity contribution in [1.29, 1.82) is 0 Å². The molecule has 1 aromatic heterocycles. The van der Waals surface area contributed by atoms with Crippen molar-refractivity contribution in [1.82, 2.24) is 19.6 Å². The normalized spacial score (nSPS) is 15.9. The van der Waals surface area contributed by atoms with Gasteiger partial charge >= 0.3 is 0 Å². The van der Waals surface area contributed by atoms with Gasteiger partial charge in [0.05, 0.1) is 28.5 Å². The zero-order valence-electron chi connectivity index (χ0n) is 16.9. The SMILES string of the molecule is Cc1nn(C)c(C)c1NS(=O)(=O)c1ccc(C#CCN2CCN(C)CC2)cc1. The number of aryl methyl sites for hydroxylation is 2. The van der Waals surface area contributed by atoms with Gasteiger partial charge < -0.3 is 4.90 Å². The molecule has 8 heteroatoms. The third kappa shape index (κ3) is 4.73. The molecule has 0 radical (unpaired) electrons. The van der Waals surface area contributed by atoms with E-state index >= 15 is 0 Å². The fourth-order valence-corrected chi connectivity index (χ4v) is 4.27. The summed E-state index contributed by atoms with van der Waals surface area (Å²) in [6.07, 6.45) is 0. The number of likely N-dealkylation sites (N-methyl/N-ethyl adjacent to an activating group) is 1. The zero-order valence-corrected chi connectivity index (χ0v) is 17.7. The van der Waals surface area contributed by atoms with Crippen LogP contribution in [0.15, 0.2) is 29.2 Å². The fourth-order valence-electron chi connectivity index (χ4n) is 3.09. The van der Waals surface area contributed by atoms with Crippen LogP contribution in [-0.2, 0) is 17.1 Å². The summed E-state index contributed by atoms with van der Waals surface area (Å²) in [7, 11) is 0.248. The molecule has 0 unspecified atom stereocenters. The molecular weight excluding hydrogens is 374 g/mol. The summed E-state index contributed by atoms with van der Waals surface area (Å²) in [5.41, 5.74) is 2.75. The number of piperazine rings is 1. The van der Waals surface area contributed by atoms with Crippen molar-refractivity contribution in [3.63, 3.8) is 0 Å². The first kappa shape index (κ1) is 20.4. The number of nitrogens with one attached hydrogen (secondary N) is 1. The van der Waals surface area contributed by atoms with Gasteiger partial charge in [-0.15, -0.1) is 0 Å². The van der Waals surface area contributed by atoms with E-state index in [0.29, 0.717) is 11.4 Å². The van der Waals surface area contributed by atoms with Crippen LogP contribution in [0.3, 0.4) is 0 Å². The Balaban J connectivity index is 1.66. The number of benzene rings is 1. The summed E-state index contributed by atoms with van der Waals surface area (Å²) in [5.74, 6) is 6.30. The highest BCUT2D eigenvalue weighted by molar-refractivity contribution is 7.92. The van der Waals surface area contributed by atoms with E-state index in [9.17, 15) is 8.42 Å². The maximum Gasteiger partial charge on any atom is 0.262 e. The molecule has 1 aromatic carbocycles. The van der Waals surface area contributed by atoms with E-state index in [-0.39, 0.29) is 4.90 Å². The highest BCUT2D eigenvalue weighted by Gasteiger charge is 2.19. The molecule has 0 amide bonds. The lowest BCUT2D eigenvalue weighted by Crippen LogP contribution is -2.44. The van der Waals surface area contributed by atoms with Crippen LogP contribution in [0.5, 0.6) is 0 Å². The first-order valence-electron chi connectivity index (χ1n) is 9.29. The lowest BCUT2D eigenvalue weighted by Gasteiger charge is -2.30. The first-order chi connectivity index (χ1) is 13.3. The Hall–Kier alpha value is -2.34. The van der Waals surface area contributed by atoms with E-state index in [4.69, 9.17) is 0 Å². The number of nitrogens with zero attached hydrogens (tertiary/aromatic N) is 4. The third-order valence-electron chi connectivity index (χ3n) is 5.04. The Bertz CT molecular complexity index is 992. The van der Waals surface area contributed by atoms with Crippen LogP contribution in [-0.4, -0.2) is 67.8 Å². The van der Waals surface area contributed by atoms with Crippen molar-refractivity contribution in [2.24, 2.45) is 7.05 Å². The first-order valence-corrected chi connectivity index (χ1v) is 10.8. The number of aromatic nitrogens is 2. The molecule has 1 N–H and O–H groups in total. The maximum absolute atomic E-state index is 12.7. The van der Waals surface area contributed by atoms with Crippen LogP contribution >= 0.6 is 0 Å². The highest BCUT2D eigenvalue weighted by Crippen LogP contribution is 2.22. The minimum absolute atomic E-state index is 0.208. The lowest BCUT2D eigenvalue weighted by atomic mass is 10.2. The number of sulfonamides is 1. The molecule has 2 aromatic rings. The Labute approximate surface area is 167 Å². The number of anilines is 1. The summed E-state index contributed by atoms with van der Waals surface area (Å²) in [4.78, 5) is 4.85. The number of rotatable bonds is 4.